The average molecular weight is 372 g/mol. The Morgan fingerprint density at radius 3 is 2.21 bits per heavy atom. The molecular formula is C25H26NO2+. The Labute approximate surface area is 166 Å². The van der Waals surface area contributed by atoms with Crippen molar-refractivity contribution in [2.24, 2.45) is 0 Å². The normalized spacial score (nSPS) is 13.2. The third kappa shape index (κ3) is 3.94. The van der Waals surface area contributed by atoms with Crippen LogP contribution in [0, 0.1) is 0 Å². The molecular weight excluding hydrogens is 346 g/mol. The van der Waals surface area contributed by atoms with E-state index in [1.165, 1.54) is 22.4 Å². The van der Waals surface area contributed by atoms with Gasteiger partial charge in [0.2, 0.25) is 0 Å². The molecule has 1 heterocycles. The van der Waals surface area contributed by atoms with E-state index in [0.29, 0.717) is 6.61 Å². The molecule has 0 aromatic heterocycles. The monoisotopic (exact) mass is 372 g/mol. The number of rotatable bonds is 6. The summed E-state index contributed by atoms with van der Waals surface area (Å²) in [6.45, 7) is 1.55. The van der Waals surface area contributed by atoms with Crippen molar-refractivity contribution in [2.45, 2.75) is 19.4 Å². The van der Waals surface area contributed by atoms with E-state index in [-0.39, 0.29) is 0 Å². The Hall–Kier alpha value is -3.07. The van der Waals surface area contributed by atoms with Crippen molar-refractivity contribution in [1.82, 2.24) is 0 Å². The van der Waals surface area contributed by atoms with Gasteiger partial charge in [0.15, 0.2) is 17.2 Å². The number of hydrogen-bond acceptors (Lipinski definition) is 2. The van der Waals surface area contributed by atoms with Crippen molar-refractivity contribution < 1.29 is 14.0 Å². The van der Waals surface area contributed by atoms with Gasteiger partial charge in [-0.2, -0.15) is 0 Å². The minimum atomic E-state index is 0.538. The molecule has 0 N–H and O–H groups in total. The van der Waals surface area contributed by atoms with Gasteiger partial charge < -0.3 is 9.47 Å². The fourth-order valence-corrected chi connectivity index (χ4v) is 3.73. The number of fused-ring (bicyclic) bond motifs is 1. The van der Waals surface area contributed by atoms with E-state index in [1.54, 1.807) is 7.11 Å². The molecule has 0 saturated carbocycles. The van der Waals surface area contributed by atoms with Gasteiger partial charge in [0.25, 0.3) is 0 Å². The fourth-order valence-electron chi connectivity index (χ4n) is 3.73. The predicted octanol–water partition coefficient (Wildman–Crippen LogP) is 4.50. The van der Waals surface area contributed by atoms with Crippen LogP contribution in [0.2, 0.25) is 0 Å². The van der Waals surface area contributed by atoms with Crippen molar-refractivity contribution in [1.29, 1.82) is 0 Å². The summed E-state index contributed by atoms with van der Waals surface area (Å²) in [7, 11) is 3.88. The van der Waals surface area contributed by atoms with E-state index in [9.17, 15) is 0 Å². The van der Waals surface area contributed by atoms with Gasteiger partial charge in [0.1, 0.15) is 20.2 Å². The Morgan fingerprint density at radius 1 is 0.857 bits per heavy atom. The van der Waals surface area contributed by atoms with Gasteiger partial charge in [-0.15, -0.1) is 0 Å². The van der Waals surface area contributed by atoms with Crippen LogP contribution in [0.3, 0.4) is 0 Å². The highest BCUT2D eigenvalue weighted by Gasteiger charge is 2.26. The Bertz CT molecular complexity index is 978. The summed E-state index contributed by atoms with van der Waals surface area (Å²) in [5, 5.41) is 0. The highest BCUT2D eigenvalue weighted by atomic mass is 16.5. The molecule has 0 radical (unpaired) electrons. The number of hydrogen-bond donors (Lipinski definition) is 0. The zero-order chi connectivity index (χ0) is 19.3. The molecule has 3 aromatic carbocycles. The van der Waals surface area contributed by atoms with E-state index < -0.39 is 0 Å². The molecule has 28 heavy (non-hydrogen) atoms. The molecule has 0 atom stereocenters. The van der Waals surface area contributed by atoms with Crippen LogP contribution in [0.25, 0.3) is 0 Å². The zero-order valence-corrected chi connectivity index (χ0v) is 16.5. The summed E-state index contributed by atoms with van der Waals surface area (Å²) >= 11 is 0. The first kappa shape index (κ1) is 18.3. The number of ether oxygens (including phenoxy) is 2. The fraction of sp³-hybridized carbons (Fsp3) is 0.240. The first-order valence-electron chi connectivity index (χ1n) is 9.73. The maximum atomic E-state index is 6.11. The highest BCUT2D eigenvalue weighted by Crippen LogP contribution is 2.33. The quantitative estimate of drug-likeness (QED) is 0.594. The summed E-state index contributed by atoms with van der Waals surface area (Å²) < 4.78 is 14.1. The van der Waals surface area contributed by atoms with Crippen LogP contribution < -0.4 is 9.47 Å². The molecule has 0 saturated heterocycles. The van der Waals surface area contributed by atoms with E-state index in [0.717, 1.165) is 36.4 Å². The highest BCUT2D eigenvalue weighted by molar-refractivity contribution is 6.00. The van der Waals surface area contributed by atoms with Gasteiger partial charge in [-0.1, -0.05) is 60.7 Å². The van der Waals surface area contributed by atoms with Gasteiger partial charge in [-0.25, -0.2) is 4.58 Å². The smallest absolute Gasteiger partial charge is 0.187 e. The SMILES string of the molecule is COc1cc2c(cc1OCc1ccccc1)CC[N+](C)=C2Cc1ccccc1. The van der Waals surface area contributed by atoms with Crippen molar-refractivity contribution in [2.75, 3.05) is 20.7 Å². The molecule has 1 aliphatic heterocycles. The van der Waals surface area contributed by atoms with Crippen LogP contribution in [0.15, 0.2) is 72.8 Å². The lowest BCUT2D eigenvalue weighted by Gasteiger charge is -2.20. The summed E-state index contributed by atoms with van der Waals surface area (Å²) in [5.41, 5.74) is 6.40. The minimum absolute atomic E-state index is 0.538. The summed E-state index contributed by atoms with van der Waals surface area (Å²) in [5.74, 6) is 1.60. The molecule has 0 bridgehead atoms. The number of nitrogens with zero attached hydrogens (tertiary/aromatic N) is 1. The molecule has 4 rings (SSSR count). The van der Waals surface area contributed by atoms with Crippen LogP contribution >= 0.6 is 0 Å². The second kappa shape index (κ2) is 8.30. The van der Waals surface area contributed by atoms with Gasteiger partial charge in [0.05, 0.1) is 13.5 Å². The molecule has 0 fully saturated rings. The van der Waals surface area contributed by atoms with E-state index >= 15 is 0 Å². The molecule has 142 valence electrons. The largest absolute Gasteiger partial charge is 0.493 e. The maximum absolute atomic E-state index is 6.11. The topological polar surface area (TPSA) is 21.5 Å². The first-order chi connectivity index (χ1) is 13.7. The average Bonchev–Trinajstić information content (AvgIpc) is 2.75. The van der Waals surface area contributed by atoms with Crippen molar-refractivity contribution in [3.05, 3.63) is 95.1 Å². The molecule has 3 aromatic rings. The van der Waals surface area contributed by atoms with Crippen LogP contribution in [0.1, 0.15) is 22.3 Å². The molecule has 0 unspecified atom stereocenters. The lowest BCUT2D eigenvalue weighted by molar-refractivity contribution is -0.498. The second-order valence-corrected chi connectivity index (χ2v) is 7.22. The van der Waals surface area contributed by atoms with E-state index in [2.05, 4.69) is 66.2 Å². The summed E-state index contributed by atoms with van der Waals surface area (Å²) in [6.07, 6.45) is 1.92. The van der Waals surface area contributed by atoms with E-state index in [4.69, 9.17) is 9.47 Å². The second-order valence-electron chi connectivity index (χ2n) is 7.22. The van der Waals surface area contributed by atoms with Gasteiger partial charge in [-0.05, 0) is 28.8 Å². The van der Waals surface area contributed by atoms with Crippen molar-refractivity contribution >= 4 is 5.71 Å². The first-order valence-corrected chi connectivity index (χ1v) is 9.73. The number of likely N-dealkylation sites (N-methyl/N-ethyl adjacent to an activating group) is 1. The van der Waals surface area contributed by atoms with Gasteiger partial charge >= 0.3 is 0 Å². The Morgan fingerprint density at radius 2 is 1.54 bits per heavy atom. The minimum Gasteiger partial charge on any atom is -0.493 e. The molecule has 3 heteroatoms. The molecule has 1 aliphatic rings. The molecule has 3 nitrogen and oxygen atoms in total. The maximum Gasteiger partial charge on any atom is 0.187 e. The molecule has 0 spiro atoms. The third-order valence-electron chi connectivity index (χ3n) is 5.33. The lowest BCUT2D eigenvalue weighted by Crippen LogP contribution is -2.29. The summed E-state index contributed by atoms with van der Waals surface area (Å²) in [4.78, 5) is 0. The molecule has 0 aliphatic carbocycles. The standard InChI is InChI=1S/C25H26NO2/c1-26-14-13-21-16-25(28-18-20-11-7-4-8-12-20)24(27-2)17-22(21)23(26)15-19-9-5-3-6-10-19/h3-12,16-17H,13-15,18H2,1-2H3/q+1. The van der Waals surface area contributed by atoms with Crippen molar-refractivity contribution in [3.8, 4) is 11.5 Å². The summed E-state index contributed by atoms with van der Waals surface area (Å²) in [6, 6.07) is 25.2. The van der Waals surface area contributed by atoms with Gasteiger partial charge in [-0.3, -0.25) is 0 Å². The number of benzene rings is 3. The van der Waals surface area contributed by atoms with Gasteiger partial charge in [0, 0.05) is 12.0 Å². The lowest BCUT2D eigenvalue weighted by atomic mass is 9.92. The van der Waals surface area contributed by atoms with Crippen LogP contribution in [-0.4, -0.2) is 31.0 Å². The zero-order valence-electron chi connectivity index (χ0n) is 16.5. The van der Waals surface area contributed by atoms with E-state index in [1.807, 2.05) is 18.2 Å². The Kier molecular flexibility index (Phi) is 5.43. The predicted molar refractivity (Wildman–Crippen MR) is 113 cm³/mol. The third-order valence-corrected chi connectivity index (χ3v) is 5.33. The van der Waals surface area contributed by atoms with Crippen LogP contribution in [0.5, 0.6) is 11.5 Å². The van der Waals surface area contributed by atoms with Crippen molar-refractivity contribution in [3.63, 3.8) is 0 Å². The number of methoxy groups -OCH3 is 1. The molecule has 0 amide bonds. The Balaban J connectivity index is 1.64. The van der Waals surface area contributed by atoms with Crippen LogP contribution in [-0.2, 0) is 19.4 Å². The van der Waals surface area contributed by atoms with Crippen LogP contribution in [0.4, 0.5) is 0 Å².